The molecule has 0 atom stereocenters. The van der Waals surface area contributed by atoms with Crippen LogP contribution in [-0.2, 0) is 6.42 Å². The van der Waals surface area contributed by atoms with E-state index in [-0.39, 0.29) is 0 Å². The van der Waals surface area contributed by atoms with Crippen molar-refractivity contribution in [2.75, 3.05) is 0 Å². The van der Waals surface area contributed by atoms with Gasteiger partial charge in [-0.15, -0.1) is 0 Å². The molecule has 1 aromatic carbocycles. The largest absolute Gasteiger partial charge is 0.367 e. The first-order chi connectivity index (χ1) is 7.34. The van der Waals surface area contributed by atoms with E-state index >= 15 is 0 Å². The normalized spacial score (nSPS) is 9.87. The lowest BCUT2D eigenvalue weighted by atomic mass is 10.1. The minimum Gasteiger partial charge on any atom is -0.244 e. The minimum absolute atomic E-state index is 0.439. The Kier molecular flexibility index (Phi) is 2.83. The van der Waals surface area contributed by atoms with Crippen molar-refractivity contribution in [2.45, 2.75) is 6.42 Å². The summed E-state index contributed by atoms with van der Waals surface area (Å²) in [5.74, 6) is 0. The summed E-state index contributed by atoms with van der Waals surface area (Å²) in [6.07, 6.45) is 2.12. The van der Waals surface area contributed by atoms with Crippen LogP contribution in [-0.4, -0.2) is 9.97 Å². The molecule has 2 aromatic rings. The fourth-order valence-electron chi connectivity index (χ4n) is 1.35. The maximum Gasteiger partial charge on any atom is 0.367 e. The molecular formula is C12H10N2O. The Hall–Kier alpha value is -2.03. The summed E-state index contributed by atoms with van der Waals surface area (Å²) in [7, 11) is 0. The van der Waals surface area contributed by atoms with E-state index in [1.54, 1.807) is 12.1 Å². The molecule has 0 N–H and O–H groups in total. The third-order valence-electron chi connectivity index (χ3n) is 2.03. The summed E-state index contributed by atoms with van der Waals surface area (Å²) in [6.45, 7) is 0. The molecular weight excluding hydrogens is 188 g/mol. The van der Waals surface area contributed by atoms with Gasteiger partial charge < -0.3 is 0 Å². The van der Waals surface area contributed by atoms with Gasteiger partial charge in [-0.25, -0.2) is 9.78 Å². The Morgan fingerprint density at radius 3 is 2.60 bits per heavy atom. The van der Waals surface area contributed by atoms with E-state index in [9.17, 15) is 4.79 Å². The fourth-order valence-corrected chi connectivity index (χ4v) is 1.35. The van der Waals surface area contributed by atoms with Crippen molar-refractivity contribution in [1.29, 1.82) is 0 Å². The minimum atomic E-state index is -0.439. The smallest absolute Gasteiger partial charge is 0.244 e. The first kappa shape index (κ1) is 9.52. The number of hydrogen-bond acceptors (Lipinski definition) is 3. The van der Waals surface area contributed by atoms with Crippen LogP contribution in [0.5, 0.6) is 0 Å². The molecule has 1 heterocycles. The van der Waals surface area contributed by atoms with Gasteiger partial charge >= 0.3 is 5.69 Å². The molecule has 0 aliphatic rings. The van der Waals surface area contributed by atoms with Crippen LogP contribution in [0.25, 0.3) is 0 Å². The highest BCUT2D eigenvalue weighted by atomic mass is 16.1. The molecule has 1 aromatic heterocycles. The summed E-state index contributed by atoms with van der Waals surface area (Å²) in [5.41, 5.74) is 1.44. The van der Waals surface area contributed by atoms with E-state index in [2.05, 4.69) is 9.97 Å². The Bertz CT molecular complexity index is 497. The van der Waals surface area contributed by atoms with Crippen molar-refractivity contribution in [2.24, 2.45) is 0 Å². The first-order valence-corrected chi connectivity index (χ1v) is 4.71. The van der Waals surface area contributed by atoms with E-state index < -0.39 is 5.69 Å². The molecule has 0 saturated carbocycles. The van der Waals surface area contributed by atoms with Gasteiger partial charge in [-0.1, -0.05) is 30.3 Å². The Morgan fingerprint density at radius 1 is 1.00 bits per heavy atom. The van der Waals surface area contributed by atoms with Gasteiger partial charge in [-0.2, -0.15) is 4.98 Å². The van der Waals surface area contributed by atoms with Crippen LogP contribution >= 0.6 is 0 Å². The van der Waals surface area contributed by atoms with E-state index in [1.165, 1.54) is 6.20 Å². The summed E-state index contributed by atoms with van der Waals surface area (Å²) in [6, 6.07) is 13.4. The molecule has 0 aliphatic carbocycles. The van der Waals surface area contributed by atoms with E-state index in [4.69, 9.17) is 0 Å². The molecule has 0 amide bonds. The molecule has 0 saturated heterocycles. The predicted molar refractivity (Wildman–Crippen MR) is 57.6 cm³/mol. The highest BCUT2D eigenvalue weighted by molar-refractivity contribution is 5.20. The van der Waals surface area contributed by atoms with Crippen molar-refractivity contribution in [3.05, 3.63) is 70.4 Å². The zero-order valence-corrected chi connectivity index (χ0v) is 8.13. The van der Waals surface area contributed by atoms with Crippen molar-refractivity contribution < 1.29 is 0 Å². The second kappa shape index (κ2) is 4.46. The lowest BCUT2D eigenvalue weighted by Gasteiger charge is -1.96. The zero-order chi connectivity index (χ0) is 10.5. The van der Waals surface area contributed by atoms with Crippen LogP contribution in [0.3, 0.4) is 0 Å². The van der Waals surface area contributed by atoms with Gasteiger partial charge in [-0.05, 0) is 17.7 Å². The number of hydrogen-bond donors (Lipinski definition) is 0. The Morgan fingerprint density at radius 2 is 1.80 bits per heavy atom. The SMILES string of the molecule is O=c1ncccc(Cc2ccccc2)n1. The number of aromatic nitrogens is 2. The van der Waals surface area contributed by atoms with Crippen molar-refractivity contribution in [3.63, 3.8) is 0 Å². The molecule has 0 unspecified atom stereocenters. The molecule has 2 rings (SSSR count). The highest BCUT2D eigenvalue weighted by Gasteiger charge is 1.96. The van der Waals surface area contributed by atoms with E-state index in [0.29, 0.717) is 6.42 Å². The molecule has 3 nitrogen and oxygen atoms in total. The predicted octanol–water partition coefficient (Wildman–Crippen LogP) is 1.43. The molecule has 0 bridgehead atoms. The van der Waals surface area contributed by atoms with Gasteiger partial charge in [0.25, 0.3) is 0 Å². The van der Waals surface area contributed by atoms with Gasteiger partial charge in [0.15, 0.2) is 0 Å². The maximum atomic E-state index is 11.1. The molecule has 0 radical (unpaired) electrons. The van der Waals surface area contributed by atoms with Crippen molar-refractivity contribution in [1.82, 2.24) is 9.97 Å². The molecule has 15 heavy (non-hydrogen) atoms. The van der Waals surface area contributed by atoms with E-state index in [1.807, 2.05) is 30.3 Å². The summed E-state index contributed by atoms with van der Waals surface area (Å²) in [4.78, 5) is 18.5. The van der Waals surface area contributed by atoms with Crippen LogP contribution < -0.4 is 5.69 Å². The quantitative estimate of drug-likeness (QED) is 0.733. The lowest BCUT2D eigenvalue weighted by molar-refractivity contribution is 1.02. The number of rotatable bonds is 2. The Balaban J connectivity index is 2.30. The summed E-state index contributed by atoms with van der Waals surface area (Å²) < 4.78 is 0. The van der Waals surface area contributed by atoms with Gasteiger partial charge in [0, 0.05) is 12.6 Å². The number of nitrogens with zero attached hydrogens (tertiary/aromatic N) is 2. The molecule has 3 heteroatoms. The van der Waals surface area contributed by atoms with Crippen molar-refractivity contribution in [3.8, 4) is 0 Å². The monoisotopic (exact) mass is 198 g/mol. The third kappa shape index (κ3) is 2.71. The highest BCUT2D eigenvalue weighted by Crippen LogP contribution is 2.04. The molecule has 74 valence electrons. The van der Waals surface area contributed by atoms with Gasteiger partial charge in [0.1, 0.15) is 0 Å². The average Bonchev–Trinajstić information content (AvgIpc) is 2.44. The van der Waals surface area contributed by atoms with E-state index in [0.717, 1.165) is 11.3 Å². The Labute approximate surface area is 87.5 Å². The molecule has 0 fully saturated rings. The van der Waals surface area contributed by atoms with Crippen molar-refractivity contribution >= 4 is 0 Å². The van der Waals surface area contributed by atoms with Gasteiger partial charge in [-0.3, -0.25) is 0 Å². The number of benzene rings is 1. The van der Waals surface area contributed by atoms with Crippen LogP contribution in [0, 0.1) is 0 Å². The first-order valence-electron chi connectivity index (χ1n) is 4.71. The van der Waals surface area contributed by atoms with Crippen LogP contribution in [0.4, 0.5) is 0 Å². The molecule has 0 spiro atoms. The van der Waals surface area contributed by atoms with Gasteiger partial charge in [0.2, 0.25) is 0 Å². The third-order valence-corrected chi connectivity index (χ3v) is 2.03. The van der Waals surface area contributed by atoms with Crippen LogP contribution in [0.15, 0.2) is 53.5 Å². The standard InChI is InChI=1S/C12H10N2O/c15-12-13-8-4-7-11(14-12)9-10-5-2-1-3-6-10/h1-8H,9H2. The summed E-state index contributed by atoms with van der Waals surface area (Å²) in [5, 5.41) is 0. The fraction of sp³-hybridized carbons (Fsp3) is 0.0833. The van der Waals surface area contributed by atoms with Crippen LogP contribution in [0.1, 0.15) is 11.3 Å². The zero-order valence-electron chi connectivity index (χ0n) is 8.13. The van der Waals surface area contributed by atoms with Gasteiger partial charge in [0.05, 0.1) is 5.69 Å². The van der Waals surface area contributed by atoms with Crippen LogP contribution in [0.2, 0.25) is 0 Å². The topological polar surface area (TPSA) is 42.9 Å². The summed E-state index contributed by atoms with van der Waals surface area (Å²) >= 11 is 0. The second-order valence-corrected chi connectivity index (χ2v) is 3.19. The molecule has 0 aliphatic heterocycles. The lowest BCUT2D eigenvalue weighted by Crippen LogP contribution is -2.07. The maximum absolute atomic E-state index is 11.1. The average molecular weight is 198 g/mol. The second-order valence-electron chi connectivity index (χ2n) is 3.19.